The average molecular weight is 210 g/mol. The van der Waals surface area contributed by atoms with E-state index in [2.05, 4.69) is 10.4 Å². The monoisotopic (exact) mass is 210 g/mol. The molecule has 0 aliphatic heterocycles. The zero-order chi connectivity index (χ0) is 11.3. The second-order valence-corrected chi connectivity index (χ2v) is 3.62. The summed E-state index contributed by atoms with van der Waals surface area (Å²) in [6, 6.07) is 1.94. The van der Waals surface area contributed by atoms with Crippen LogP contribution in [-0.2, 0) is 18.3 Å². The van der Waals surface area contributed by atoms with Gasteiger partial charge in [-0.25, -0.2) is 0 Å². The molecule has 0 aliphatic carbocycles. The van der Waals surface area contributed by atoms with Crippen LogP contribution in [0.1, 0.15) is 12.6 Å². The molecule has 0 saturated heterocycles. The predicted molar refractivity (Wildman–Crippen MR) is 58.1 cm³/mol. The van der Waals surface area contributed by atoms with Gasteiger partial charge in [0.25, 0.3) is 0 Å². The molecule has 0 bridgehead atoms. The lowest BCUT2D eigenvalue weighted by Gasteiger charge is -2.09. The van der Waals surface area contributed by atoms with E-state index in [4.69, 9.17) is 5.73 Å². The first-order valence-electron chi connectivity index (χ1n) is 5.09. The van der Waals surface area contributed by atoms with Crippen LogP contribution >= 0.6 is 0 Å². The highest BCUT2D eigenvalue weighted by molar-refractivity contribution is 5.78. The summed E-state index contributed by atoms with van der Waals surface area (Å²) in [5.41, 5.74) is 6.50. The van der Waals surface area contributed by atoms with E-state index >= 15 is 0 Å². The topological polar surface area (TPSA) is 72.9 Å². The summed E-state index contributed by atoms with van der Waals surface area (Å²) in [6.07, 6.45) is 2.54. The van der Waals surface area contributed by atoms with Gasteiger partial charge >= 0.3 is 0 Å². The predicted octanol–water partition coefficient (Wildman–Crippen LogP) is -0.326. The van der Waals surface area contributed by atoms with Crippen molar-refractivity contribution < 1.29 is 4.79 Å². The number of hydrogen-bond donors (Lipinski definition) is 2. The minimum Gasteiger partial charge on any atom is -0.355 e. The molecule has 1 aromatic rings. The van der Waals surface area contributed by atoms with E-state index in [1.54, 1.807) is 10.9 Å². The average Bonchev–Trinajstić information content (AvgIpc) is 2.63. The maximum absolute atomic E-state index is 11.4. The van der Waals surface area contributed by atoms with Crippen LogP contribution < -0.4 is 11.1 Å². The molecule has 5 nitrogen and oxygen atoms in total. The van der Waals surface area contributed by atoms with Crippen LogP contribution in [-0.4, -0.2) is 28.8 Å². The molecule has 5 heteroatoms. The van der Waals surface area contributed by atoms with Gasteiger partial charge in [-0.3, -0.25) is 9.48 Å². The Labute approximate surface area is 89.6 Å². The van der Waals surface area contributed by atoms with Gasteiger partial charge in [-0.1, -0.05) is 6.92 Å². The highest BCUT2D eigenvalue weighted by atomic mass is 16.1. The molecule has 1 rings (SSSR count). The van der Waals surface area contributed by atoms with E-state index in [-0.39, 0.29) is 11.8 Å². The third-order valence-corrected chi connectivity index (χ3v) is 2.40. The normalized spacial score (nSPS) is 12.5. The van der Waals surface area contributed by atoms with Crippen LogP contribution in [0.25, 0.3) is 0 Å². The molecule has 1 atom stereocenters. The second-order valence-electron chi connectivity index (χ2n) is 3.62. The number of nitrogens with one attached hydrogen (secondary N) is 1. The summed E-state index contributed by atoms with van der Waals surface area (Å²) in [5, 5.41) is 6.89. The highest BCUT2D eigenvalue weighted by Gasteiger charge is 2.09. The van der Waals surface area contributed by atoms with E-state index in [1.807, 2.05) is 20.0 Å². The number of carbonyl (C=O) groups excluding carboxylic acids is 1. The number of rotatable bonds is 5. The minimum atomic E-state index is -0.114. The molecule has 84 valence electrons. The molecular formula is C10H18N4O. The van der Waals surface area contributed by atoms with Crippen molar-refractivity contribution in [2.75, 3.05) is 13.1 Å². The third kappa shape index (κ3) is 3.36. The molecule has 0 aromatic carbocycles. The van der Waals surface area contributed by atoms with Gasteiger partial charge in [0.15, 0.2) is 0 Å². The molecule has 1 aromatic heterocycles. The Bertz CT molecular complexity index is 321. The fraction of sp³-hybridized carbons (Fsp3) is 0.600. The summed E-state index contributed by atoms with van der Waals surface area (Å²) in [4.78, 5) is 11.4. The third-order valence-electron chi connectivity index (χ3n) is 2.40. The molecular weight excluding hydrogens is 192 g/mol. The second kappa shape index (κ2) is 5.50. The quantitative estimate of drug-likeness (QED) is 0.699. The maximum atomic E-state index is 11.4. The van der Waals surface area contributed by atoms with Crippen molar-refractivity contribution in [1.82, 2.24) is 15.1 Å². The molecule has 0 radical (unpaired) electrons. The van der Waals surface area contributed by atoms with E-state index < -0.39 is 0 Å². The van der Waals surface area contributed by atoms with Gasteiger partial charge in [0.1, 0.15) is 0 Å². The molecule has 1 amide bonds. The van der Waals surface area contributed by atoms with E-state index in [9.17, 15) is 4.79 Å². The fourth-order valence-electron chi connectivity index (χ4n) is 1.24. The minimum absolute atomic E-state index is 0.0136. The van der Waals surface area contributed by atoms with Crippen LogP contribution in [0, 0.1) is 5.92 Å². The van der Waals surface area contributed by atoms with Crippen LogP contribution in [0.15, 0.2) is 12.3 Å². The first kappa shape index (κ1) is 11.7. The molecule has 0 fully saturated rings. The number of carbonyl (C=O) groups is 1. The number of hydrogen-bond acceptors (Lipinski definition) is 3. The SMILES string of the molecule is CC(CN)C(=O)NCCc1ccnn1C. The smallest absolute Gasteiger partial charge is 0.224 e. The van der Waals surface area contributed by atoms with Gasteiger partial charge in [0, 0.05) is 44.4 Å². The number of aromatic nitrogens is 2. The largest absolute Gasteiger partial charge is 0.355 e. The number of amides is 1. The van der Waals surface area contributed by atoms with Gasteiger partial charge in [-0.05, 0) is 6.07 Å². The summed E-state index contributed by atoms with van der Waals surface area (Å²) in [5.74, 6) is -0.101. The summed E-state index contributed by atoms with van der Waals surface area (Å²) in [7, 11) is 1.89. The van der Waals surface area contributed by atoms with Gasteiger partial charge < -0.3 is 11.1 Å². The van der Waals surface area contributed by atoms with Crippen LogP contribution in [0.2, 0.25) is 0 Å². The molecule has 0 saturated carbocycles. The van der Waals surface area contributed by atoms with Crippen LogP contribution in [0.5, 0.6) is 0 Å². The molecule has 3 N–H and O–H groups in total. The molecule has 1 heterocycles. The standard InChI is InChI=1S/C10H18N4O/c1-8(7-11)10(15)12-5-3-9-4-6-13-14(9)2/h4,6,8H,3,5,7,11H2,1-2H3,(H,12,15). The number of nitrogens with two attached hydrogens (primary N) is 1. The number of aryl methyl sites for hydroxylation is 1. The molecule has 15 heavy (non-hydrogen) atoms. The van der Waals surface area contributed by atoms with Crippen molar-refractivity contribution >= 4 is 5.91 Å². The van der Waals surface area contributed by atoms with Crippen LogP contribution in [0.3, 0.4) is 0 Å². The molecule has 0 aliphatic rings. The van der Waals surface area contributed by atoms with Crippen molar-refractivity contribution in [2.24, 2.45) is 18.7 Å². The van der Waals surface area contributed by atoms with Crippen molar-refractivity contribution in [2.45, 2.75) is 13.3 Å². The first-order valence-corrected chi connectivity index (χ1v) is 5.09. The Hall–Kier alpha value is -1.36. The van der Waals surface area contributed by atoms with E-state index in [0.29, 0.717) is 13.1 Å². The number of nitrogens with zero attached hydrogens (tertiary/aromatic N) is 2. The van der Waals surface area contributed by atoms with E-state index in [0.717, 1.165) is 12.1 Å². The fourth-order valence-corrected chi connectivity index (χ4v) is 1.24. The van der Waals surface area contributed by atoms with Crippen molar-refractivity contribution in [3.8, 4) is 0 Å². The van der Waals surface area contributed by atoms with Crippen molar-refractivity contribution in [3.05, 3.63) is 18.0 Å². The summed E-state index contributed by atoms with van der Waals surface area (Å²) < 4.78 is 1.80. The zero-order valence-corrected chi connectivity index (χ0v) is 9.23. The maximum Gasteiger partial charge on any atom is 0.224 e. The zero-order valence-electron chi connectivity index (χ0n) is 9.23. The van der Waals surface area contributed by atoms with Crippen molar-refractivity contribution in [3.63, 3.8) is 0 Å². The van der Waals surface area contributed by atoms with E-state index in [1.165, 1.54) is 0 Å². The lowest BCUT2D eigenvalue weighted by atomic mass is 10.1. The van der Waals surface area contributed by atoms with Gasteiger partial charge in [0.05, 0.1) is 0 Å². The molecule has 0 spiro atoms. The Morgan fingerprint density at radius 3 is 3.00 bits per heavy atom. The van der Waals surface area contributed by atoms with Gasteiger partial charge in [-0.15, -0.1) is 0 Å². The highest BCUT2D eigenvalue weighted by Crippen LogP contribution is 1.97. The first-order chi connectivity index (χ1) is 7.15. The Morgan fingerprint density at radius 2 is 2.47 bits per heavy atom. The Kier molecular flexibility index (Phi) is 4.30. The van der Waals surface area contributed by atoms with Gasteiger partial charge in [0.2, 0.25) is 5.91 Å². The van der Waals surface area contributed by atoms with Gasteiger partial charge in [-0.2, -0.15) is 5.10 Å². The van der Waals surface area contributed by atoms with Crippen molar-refractivity contribution in [1.29, 1.82) is 0 Å². The Balaban J connectivity index is 2.28. The lowest BCUT2D eigenvalue weighted by Crippen LogP contribution is -2.34. The Morgan fingerprint density at radius 1 is 1.73 bits per heavy atom. The summed E-state index contributed by atoms with van der Waals surface area (Å²) >= 11 is 0. The lowest BCUT2D eigenvalue weighted by molar-refractivity contribution is -0.124. The van der Waals surface area contributed by atoms with Crippen LogP contribution in [0.4, 0.5) is 0 Å². The molecule has 1 unspecified atom stereocenters. The summed E-state index contributed by atoms with van der Waals surface area (Å²) in [6.45, 7) is 2.83.